The second-order valence-corrected chi connectivity index (χ2v) is 4.83. The smallest absolute Gasteiger partial charge is 0.266 e. The van der Waals surface area contributed by atoms with Gasteiger partial charge < -0.3 is 4.98 Å². The molecule has 0 bridgehead atoms. The average Bonchev–Trinajstić information content (AvgIpc) is 2.51. The van der Waals surface area contributed by atoms with Gasteiger partial charge in [0.05, 0.1) is 22.8 Å². The minimum absolute atomic E-state index is 0.216. The Morgan fingerprint density at radius 3 is 2.29 bits per heavy atom. The van der Waals surface area contributed by atoms with E-state index >= 15 is 0 Å². The van der Waals surface area contributed by atoms with Crippen molar-refractivity contribution < 1.29 is 9.59 Å². The zero-order valence-corrected chi connectivity index (χ0v) is 10.7. The van der Waals surface area contributed by atoms with Gasteiger partial charge in [-0.25, -0.2) is 4.98 Å². The number of nitrogens with zero attached hydrogens (tertiary/aromatic N) is 1. The number of benzene rings is 2. The van der Waals surface area contributed by atoms with Crippen molar-refractivity contribution in [3.05, 3.63) is 75.2 Å². The molecule has 1 aromatic heterocycles. The van der Waals surface area contributed by atoms with Crippen molar-refractivity contribution in [1.82, 2.24) is 9.97 Å². The summed E-state index contributed by atoms with van der Waals surface area (Å²) in [7, 11) is 0. The summed E-state index contributed by atoms with van der Waals surface area (Å²) < 4.78 is 0. The molecule has 0 saturated heterocycles. The van der Waals surface area contributed by atoms with Crippen molar-refractivity contribution >= 4 is 22.6 Å². The van der Waals surface area contributed by atoms with Gasteiger partial charge in [0.1, 0.15) is 0 Å². The Bertz CT molecular complexity index is 1000. The number of rotatable bonds is 0. The van der Waals surface area contributed by atoms with E-state index in [4.69, 9.17) is 0 Å². The van der Waals surface area contributed by atoms with Gasteiger partial charge in [-0.1, -0.05) is 24.3 Å². The summed E-state index contributed by atoms with van der Waals surface area (Å²) in [6.45, 7) is 0. The molecular formula is C16H8N2O3. The zero-order valence-electron chi connectivity index (χ0n) is 10.7. The van der Waals surface area contributed by atoms with Crippen LogP contribution in [0.1, 0.15) is 31.8 Å². The van der Waals surface area contributed by atoms with Crippen molar-refractivity contribution in [2.75, 3.05) is 0 Å². The summed E-state index contributed by atoms with van der Waals surface area (Å²) in [5, 5.41) is 0. The quantitative estimate of drug-likeness (QED) is 0.530. The van der Waals surface area contributed by atoms with Gasteiger partial charge in [0, 0.05) is 16.7 Å². The Morgan fingerprint density at radius 2 is 1.52 bits per heavy atom. The molecule has 1 heterocycles. The standard InChI is InChI=1S/C16H8N2O3/c19-12-7-17-11-6-5-10-13(14(11)18-12)16(21)9-4-2-1-3-8(9)15(10)20/h1-7H,(H,18,19). The number of hydrogen-bond acceptors (Lipinski definition) is 4. The molecule has 0 saturated carbocycles. The van der Waals surface area contributed by atoms with Gasteiger partial charge in [0.25, 0.3) is 5.56 Å². The number of hydrogen-bond donors (Lipinski definition) is 1. The third-order valence-electron chi connectivity index (χ3n) is 3.64. The van der Waals surface area contributed by atoms with Crippen LogP contribution in [0.15, 0.2) is 47.4 Å². The molecule has 5 heteroatoms. The number of fused-ring (bicyclic) bond motifs is 4. The van der Waals surface area contributed by atoms with Crippen molar-refractivity contribution in [3.63, 3.8) is 0 Å². The SMILES string of the molecule is O=C1c2ccccc2C(=O)c2c1ccc1ncc(=O)[nH]c21. The van der Waals surface area contributed by atoms with E-state index in [-0.39, 0.29) is 17.1 Å². The Hall–Kier alpha value is -3.08. The highest BCUT2D eigenvalue weighted by molar-refractivity contribution is 6.31. The van der Waals surface area contributed by atoms with Gasteiger partial charge in [-0.3, -0.25) is 14.4 Å². The van der Waals surface area contributed by atoms with Crippen LogP contribution in [-0.2, 0) is 0 Å². The fourth-order valence-corrected chi connectivity index (χ4v) is 2.69. The molecule has 0 spiro atoms. The first-order valence-corrected chi connectivity index (χ1v) is 6.37. The monoisotopic (exact) mass is 276 g/mol. The van der Waals surface area contributed by atoms with Gasteiger partial charge in [0.15, 0.2) is 11.6 Å². The maximum atomic E-state index is 12.7. The molecule has 0 atom stereocenters. The number of aromatic amines is 1. The number of aromatic nitrogens is 2. The maximum Gasteiger partial charge on any atom is 0.266 e. The van der Waals surface area contributed by atoms with Crippen LogP contribution in [0.2, 0.25) is 0 Å². The average molecular weight is 276 g/mol. The van der Waals surface area contributed by atoms with E-state index in [2.05, 4.69) is 9.97 Å². The molecule has 0 unspecified atom stereocenters. The van der Waals surface area contributed by atoms with Crippen LogP contribution in [0.5, 0.6) is 0 Å². The fourth-order valence-electron chi connectivity index (χ4n) is 2.69. The molecule has 5 nitrogen and oxygen atoms in total. The second-order valence-electron chi connectivity index (χ2n) is 4.83. The molecule has 0 aliphatic heterocycles. The highest BCUT2D eigenvalue weighted by atomic mass is 16.1. The van der Waals surface area contributed by atoms with Crippen molar-refractivity contribution in [2.45, 2.75) is 0 Å². The predicted molar refractivity (Wildman–Crippen MR) is 75.7 cm³/mol. The third kappa shape index (κ3) is 1.51. The highest BCUT2D eigenvalue weighted by Gasteiger charge is 2.31. The molecule has 3 aromatic rings. The molecule has 0 radical (unpaired) electrons. The molecule has 100 valence electrons. The minimum atomic E-state index is -0.407. The molecule has 1 N–H and O–H groups in total. The second kappa shape index (κ2) is 3.96. The van der Waals surface area contributed by atoms with Crippen LogP contribution >= 0.6 is 0 Å². The van der Waals surface area contributed by atoms with Crippen molar-refractivity contribution in [1.29, 1.82) is 0 Å². The van der Waals surface area contributed by atoms with E-state index in [9.17, 15) is 14.4 Å². The summed E-state index contributed by atoms with van der Waals surface area (Å²) in [6.07, 6.45) is 1.15. The van der Waals surface area contributed by atoms with Gasteiger partial charge >= 0.3 is 0 Å². The lowest BCUT2D eigenvalue weighted by atomic mass is 9.83. The topological polar surface area (TPSA) is 79.9 Å². The summed E-state index contributed by atoms with van der Waals surface area (Å²) >= 11 is 0. The van der Waals surface area contributed by atoms with Crippen LogP contribution in [-0.4, -0.2) is 21.5 Å². The number of H-pyrrole nitrogens is 1. The van der Waals surface area contributed by atoms with E-state index in [1.807, 2.05) is 0 Å². The largest absolute Gasteiger partial charge is 0.319 e. The lowest BCUT2D eigenvalue weighted by Gasteiger charge is -2.18. The van der Waals surface area contributed by atoms with Gasteiger partial charge in [-0.2, -0.15) is 0 Å². The van der Waals surface area contributed by atoms with Crippen LogP contribution in [0.3, 0.4) is 0 Å². The lowest BCUT2D eigenvalue weighted by molar-refractivity contribution is 0.0980. The van der Waals surface area contributed by atoms with Gasteiger partial charge in [0.2, 0.25) is 0 Å². The van der Waals surface area contributed by atoms with E-state index in [0.717, 1.165) is 6.20 Å². The molecule has 2 aromatic carbocycles. The van der Waals surface area contributed by atoms with Crippen molar-refractivity contribution in [3.8, 4) is 0 Å². The minimum Gasteiger partial charge on any atom is -0.319 e. The van der Waals surface area contributed by atoms with Crippen LogP contribution in [0, 0.1) is 0 Å². The fraction of sp³-hybridized carbons (Fsp3) is 0. The Labute approximate surface area is 118 Å². The van der Waals surface area contributed by atoms with Crippen LogP contribution in [0.4, 0.5) is 0 Å². The number of ketones is 2. The summed E-state index contributed by atoms with van der Waals surface area (Å²) in [5.41, 5.74) is 1.65. The first kappa shape index (κ1) is 11.7. The molecule has 0 fully saturated rings. The molecule has 1 aliphatic rings. The molecule has 4 rings (SSSR count). The van der Waals surface area contributed by atoms with E-state index in [1.165, 1.54) is 0 Å². The van der Waals surface area contributed by atoms with Gasteiger partial charge in [-0.15, -0.1) is 0 Å². The third-order valence-corrected chi connectivity index (χ3v) is 3.64. The summed E-state index contributed by atoms with van der Waals surface area (Å²) in [6, 6.07) is 9.89. The maximum absolute atomic E-state index is 12.7. The Balaban J connectivity index is 2.16. The van der Waals surface area contributed by atoms with E-state index in [0.29, 0.717) is 27.7 Å². The number of carbonyl (C=O) groups is 2. The Morgan fingerprint density at radius 1 is 0.810 bits per heavy atom. The first-order chi connectivity index (χ1) is 10.2. The summed E-state index contributed by atoms with van der Waals surface area (Å²) in [5.74, 6) is -0.485. The number of nitrogens with one attached hydrogen (secondary N) is 1. The normalized spacial score (nSPS) is 13.1. The van der Waals surface area contributed by atoms with E-state index in [1.54, 1.807) is 36.4 Å². The van der Waals surface area contributed by atoms with Crippen molar-refractivity contribution in [2.24, 2.45) is 0 Å². The highest BCUT2D eigenvalue weighted by Crippen LogP contribution is 2.30. The predicted octanol–water partition coefficient (Wildman–Crippen LogP) is 1.70. The van der Waals surface area contributed by atoms with E-state index < -0.39 is 5.56 Å². The lowest BCUT2D eigenvalue weighted by Crippen LogP contribution is -2.22. The molecule has 0 amide bonds. The first-order valence-electron chi connectivity index (χ1n) is 6.37. The summed E-state index contributed by atoms with van der Waals surface area (Å²) in [4.78, 5) is 43.3. The molecule has 21 heavy (non-hydrogen) atoms. The van der Waals surface area contributed by atoms with Gasteiger partial charge in [-0.05, 0) is 12.1 Å². The molecule has 1 aliphatic carbocycles. The van der Waals surface area contributed by atoms with Crippen LogP contribution in [0.25, 0.3) is 11.0 Å². The zero-order chi connectivity index (χ0) is 14.6. The van der Waals surface area contributed by atoms with Crippen LogP contribution < -0.4 is 5.56 Å². The molecular weight excluding hydrogens is 268 g/mol. The Kier molecular flexibility index (Phi) is 2.21. The number of carbonyl (C=O) groups excluding carboxylic acids is 2.